The highest BCUT2D eigenvalue weighted by Gasteiger charge is 2.32. The zero-order valence-electron chi connectivity index (χ0n) is 8.37. The number of sulfone groups is 1. The molecule has 0 aliphatic carbocycles. The van der Waals surface area contributed by atoms with Crippen LogP contribution < -0.4 is 5.73 Å². The van der Waals surface area contributed by atoms with Crippen molar-refractivity contribution in [3.63, 3.8) is 0 Å². The molecular formula is C7H13N5O2S. The summed E-state index contributed by atoms with van der Waals surface area (Å²) in [6.07, 6.45) is 0.563. The van der Waals surface area contributed by atoms with Gasteiger partial charge in [0.25, 0.3) is 0 Å². The highest BCUT2D eigenvalue weighted by Crippen LogP contribution is 2.24. The van der Waals surface area contributed by atoms with Crippen LogP contribution in [0.5, 0.6) is 0 Å². The van der Waals surface area contributed by atoms with Gasteiger partial charge in [-0.05, 0) is 23.8 Å². The number of hydrogen-bond acceptors (Lipinski definition) is 6. The molecule has 0 radical (unpaired) electrons. The van der Waals surface area contributed by atoms with Gasteiger partial charge < -0.3 is 5.73 Å². The molecule has 1 fully saturated rings. The van der Waals surface area contributed by atoms with Gasteiger partial charge in [0.15, 0.2) is 15.7 Å². The fourth-order valence-corrected chi connectivity index (χ4v) is 3.42. The first-order valence-electron chi connectivity index (χ1n) is 4.73. The summed E-state index contributed by atoms with van der Waals surface area (Å²) in [5, 5.41) is 11.1. The van der Waals surface area contributed by atoms with Crippen LogP contribution >= 0.6 is 0 Å². The molecule has 7 nitrogen and oxygen atoms in total. The summed E-state index contributed by atoms with van der Waals surface area (Å²) in [5.41, 5.74) is 5.68. The Kier molecular flexibility index (Phi) is 2.47. The van der Waals surface area contributed by atoms with Crippen LogP contribution in [0.25, 0.3) is 0 Å². The Labute approximate surface area is 87.6 Å². The third kappa shape index (κ3) is 2.00. The Hall–Kier alpha value is -1.02. The van der Waals surface area contributed by atoms with Gasteiger partial charge in [0, 0.05) is 0 Å². The Morgan fingerprint density at radius 3 is 2.87 bits per heavy atom. The van der Waals surface area contributed by atoms with Crippen molar-refractivity contribution >= 4 is 9.84 Å². The molecular weight excluding hydrogens is 218 g/mol. The number of rotatable bonds is 2. The largest absolute Gasteiger partial charge is 0.322 e. The molecule has 84 valence electrons. The van der Waals surface area contributed by atoms with Crippen molar-refractivity contribution in [1.82, 2.24) is 20.2 Å². The van der Waals surface area contributed by atoms with E-state index in [0.717, 1.165) is 0 Å². The Morgan fingerprint density at radius 1 is 1.60 bits per heavy atom. The van der Waals surface area contributed by atoms with Crippen LogP contribution in [-0.2, 0) is 9.84 Å². The van der Waals surface area contributed by atoms with E-state index in [-0.39, 0.29) is 23.6 Å². The van der Waals surface area contributed by atoms with Gasteiger partial charge in [-0.2, -0.15) is 0 Å². The molecule has 0 bridgehead atoms. The van der Waals surface area contributed by atoms with Gasteiger partial charge in [-0.25, -0.2) is 13.1 Å². The predicted molar refractivity (Wildman–Crippen MR) is 52.7 cm³/mol. The summed E-state index contributed by atoms with van der Waals surface area (Å²) in [6, 6.07) is -0.450. The van der Waals surface area contributed by atoms with Crippen LogP contribution in [0.15, 0.2) is 0 Å². The van der Waals surface area contributed by atoms with Gasteiger partial charge in [-0.1, -0.05) is 0 Å². The van der Waals surface area contributed by atoms with Crippen molar-refractivity contribution in [3.05, 3.63) is 5.82 Å². The van der Waals surface area contributed by atoms with Crippen molar-refractivity contribution in [3.8, 4) is 0 Å². The van der Waals surface area contributed by atoms with Crippen LogP contribution in [0.2, 0.25) is 0 Å². The summed E-state index contributed by atoms with van der Waals surface area (Å²) in [4.78, 5) is 0. The standard InChI is InChI=1S/C7H13N5O2S/c1-5(8)7-9-10-11-12(7)6-2-3-15(13,14)4-6/h5-6H,2-4,8H2,1H3. The van der Waals surface area contributed by atoms with E-state index in [4.69, 9.17) is 5.73 Å². The van der Waals surface area contributed by atoms with E-state index in [2.05, 4.69) is 15.5 Å². The van der Waals surface area contributed by atoms with Crippen LogP contribution in [0.3, 0.4) is 0 Å². The van der Waals surface area contributed by atoms with Gasteiger partial charge in [0.05, 0.1) is 23.6 Å². The lowest BCUT2D eigenvalue weighted by atomic mass is 10.2. The van der Waals surface area contributed by atoms with Crippen molar-refractivity contribution < 1.29 is 8.42 Å². The van der Waals surface area contributed by atoms with E-state index in [1.165, 1.54) is 4.68 Å². The van der Waals surface area contributed by atoms with Gasteiger partial charge in [-0.3, -0.25) is 0 Å². The van der Waals surface area contributed by atoms with E-state index in [1.54, 1.807) is 6.92 Å². The number of aromatic nitrogens is 4. The van der Waals surface area contributed by atoms with Crippen molar-refractivity contribution in [2.24, 2.45) is 5.73 Å². The molecule has 15 heavy (non-hydrogen) atoms. The van der Waals surface area contributed by atoms with Crippen LogP contribution in [0, 0.1) is 0 Å². The predicted octanol–water partition coefficient (Wildman–Crippen LogP) is -0.948. The topological polar surface area (TPSA) is 104 Å². The second-order valence-electron chi connectivity index (χ2n) is 3.83. The molecule has 0 spiro atoms. The summed E-state index contributed by atoms with van der Waals surface area (Å²) < 4.78 is 24.1. The lowest BCUT2D eigenvalue weighted by Crippen LogP contribution is -2.20. The van der Waals surface area contributed by atoms with Crippen LogP contribution in [0.1, 0.15) is 31.3 Å². The quantitative estimate of drug-likeness (QED) is 0.704. The summed E-state index contributed by atoms with van der Waals surface area (Å²) in [6.45, 7) is 1.77. The molecule has 2 N–H and O–H groups in total. The maximum absolute atomic E-state index is 11.3. The molecule has 1 aliphatic rings. The van der Waals surface area contributed by atoms with E-state index >= 15 is 0 Å². The Morgan fingerprint density at radius 2 is 2.33 bits per heavy atom. The van der Waals surface area contributed by atoms with Gasteiger partial charge in [-0.15, -0.1) is 5.10 Å². The lowest BCUT2D eigenvalue weighted by molar-refractivity contribution is 0.455. The van der Waals surface area contributed by atoms with Crippen molar-refractivity contribution in [1.29, 1.82) is 0 Å². The smallest absolute Gasteiger partial charge is 0.168 e. The average Bonchev–Trinajstić information content (AvgIpc) is 2.69. The number of nitrogens with two attached hydrogens (primary N) is 1. The minimum atomic E-state index is -2.92. The molecule has 8 heteroatoms. The number of tetrazole rings is 1. The molecule has 1 saturated heterocycles. The maximum atomic E-state index is 11.3. The SMILES string of the molecule is CC(N)c1nnnn1C1CCS(=O)(=O)C1. The minimum absolute atomic E-state index is 0.109. The molecule has 2 unspecified atom stereocenters. The fourth-order valence-electron chi connectivity index (χ4n) is 1.73. The summed E-state index contributed by atoms with van der Waals surface area (Å²) in [7, 11) is -2.92. The van der Waals surface area contributed by atoms with E-state index in [0.29, 0.717) is 12.2 Å². The molecule has 2 atom stereocenters. The van der Waals surface area contributed by atoms with Gasteiger partial charge in [0.2, 0.25) is 0 Å². The normalized spacial score (nSPS) is 26.7. The molecule has 1 aliphatic heterocycles. The van der Waals surface area contributed by atoms with Crippen molar-refractivity contribution in [2.75, 3.05) is 11.5 Å². The molecule has 2 rings (SSSR count). The summed E-state index contributed by atoms with van der Waals surface area (Å²) in [5.74, 6) is 0.852. The molecule has 0 saturated carbocycles. The average molecular weight is 231 g/mol. The van der Waals surface area contributed by atoms with Crippen LogP contribution in [-0.4, -0.2) is 40.1 Å². The Bertz CT molecular complexity index is 452. The first-order valence-corrected chi connectivity index (χ1v) is 6.55. The number of nitrogens with zero attached hydrogens (tertiary/aromatic N) is 4. The van der Waals surface area contributed by atoms with Gasteiger partial charge in [0.1, 0.15) is 0 Å². The maximum Gasteiger partial charge on any atom is 0.168 e. The van der Waals surface area contributed by atoms with E-state index in [9.17, 15) is 8.42 Å². The van der Waals surface area contributed by atoms with E-state index in [1.807, 2.05) is 0 Å². The fraction of sp³-hybridized carbons (Fsp3) is 0.857. The minimum Gasteiger partial charge on any atom is -0.322 e. The van der Waals surface area contributed by atoms with Crippen LogP contribution in [0.4, 0.5) is 0 Å². The highest BCUT2D eigenvalue weighted by molar-refractivity contribution is 7.91. The third-order valence-corrected chi connectivity index (χ3v) is 4.23. The monoisotopic (exact) mass is 231 g/mol. The molecule has 0 amide bonds. The summed E-state index contributed by atoms with van der Waals surface area (Å²) >= 11 is 0. The first-order chi connectivity index (χ1) is 6.99. The Balaban J connectivity index is 2.28. The third-order valence-electron chi connectivity index (χ3n) is 2.48. The second-order valence-corrected chi connectivity index (χ2v) is 6.06. The van der Waals surface area contributed by atoms with Crippen molar-refractivity contribution in [2.45, 2.75) is 25.4 Å². The zero-order chi connectivity index (χ0) is 11.1. The van der Waals surface area contributed by atoms with Gasteiger partial charge >= 0.3 is 0 Å². The first kappa shape index (κ1) is 10.5. The second kappa shape index (κ2) is 3.53. The van der Waals surface area contributed by atoms with E-state index < -0.39 is 9.84 Å². The zero-order valence-corrected chi connectivity index (χ0v) is 9.18. The molecule has 0 aromatic carbocycles. The number of hydrogen-bond donors (Lipinski definition) is 1. The molecule has 2 heterocycles. The molecule has 1 aromatic heterocycles. The molecule has 1 aromatic rings. The lowest BCUT2D eigenvalue weighted by Gasteiger charge is -2.11. The highest BCUT2D eigenvalue weighted by atomic mass is 32.2.